The molecule has 0 amide bonds. The molecule has 110 valence electrons. The van der Waals surface area contributed by atoms with Crippen molar-refractivity contribution in [3.63, 3.8) is 0 Å². The van der Waals surface area contributed by atoms with Gasteiger partial charge in [0.25, 0.3) is 0 Å². The van der Waals surface area contributed by atoms with Crippen molar-refractivity contribution >= 4 is 5.78 Å². The molecule has 1 spiro atoms. The van der Waals surface area contributed by atoms with Crippen LogP contribution in [0.4, 0.5) is 0 Å². The van der Waals surface area contributed by atoms with Gasteiger partial charge < -0.3 is 10.2 Å². The summed E-state index contributed by atoms with van der Waals surface area (Å²) in [7, 11) is 0. The predicted molar refractivity (Wildman–Crippen MR) is 73.8 cm³/mol. The van der Waals surface area contributed by atoms with E-state index in [0.717, 1.165) is 50.8 Å². The zero-order chi connectivity index (χ0) is 14.1. The lowest BCUT2D eigenvalue weighted by Crippen LogP contribution is -2.67. The van der Waals surface area contributed by atoms with Gasteiger partial charge >= 0.3 is 0 Å². The maximum Gasteiger partial charge on any atom is 0.169 e. The van der Waals surface area contributed by atoms with E-state index in [1.807, 2.05) is 0 Å². The molecular formula is C16H23NO3. The van der Waals surface area contributed by atoms with Crippen LogP contribution in [-0.4, -0.2) is 45.8 Å². The second kappa shape index (κ2) is 3.93. The van der Waals surface area contributed by atoms with Crippen molar-refractivity contribution in [3.05, 3.63) is 11.6 Å². The number of hydrogen-bond donors (Lipinski definition) is 2. The minimum atomic E-state index is -0.977. The van der Waals surface area contributed by atoms with Gasteiger partial charge in [0, 0.05) is 24.4 Å². The van der Waals surface area contributed by atoms with E-state index in [4.69, 9.17) is 0 Å². The van der Waals surface area contributed by atoms with Crippen molar-refractivity contribution in [1.29, 1.82) is 0 Å². The number of rotatable bonds is 0. The minimum absolute atomic E-state index is 0.0509. The Labute approximate surface area is 119 Å². The van der Waals surface area contributed by atoms with Gasteiger partial charge in [0.15, 0.2) is 5.78 Å². The fourth-order valence-corrected chi connectivity index (χ4v) is 5.64. The first-order valence-electron chi connectivity index (χ1n) is 7.90. The Morgan fingerprint density at radius 1 is 1.40 bits per heavy atom. The average molecular weight is 277 g/mol. The van der Waals surface area contributed by atoms with Crippen LogP contribution in [0, 0.1) is 17.3 Å². The molecule has 1 saturated heterocycles. The molecule has 20 heavy (non-hydrogen) atoms. The number of nitrogens with zero attached hydrogens (tertiary/aromatic N) is 1. The van der Waals surface area contributed by atoms with Crippen molar-refractivity contribution in [2.24, 2.45) is 17.3 Å². The molecule has 2 N–H and O–H groups in total. The van der Waals surface area contributed by atoms with Gasteiger partial charge in [-0.2, -0.15) is 0 Å². The van der Waals surface area contributed by atoms with E-state index in [-0.39, 0.29) is 11.7 Å². The SMILES string of the molecule is CC1C[C@H]2C(=O)[C@@H](O)C3=CCCN4CCCC32C4(O)C1. The van der Waals surface area contributed by atoms with Gasteiger partial charge in [-0.3, -0.25) is 9.69 Å². The fourth-order valence-electron chi connectivity index (χ4n) is 5.64. The molecular weight excluding hydrogens is 254 g/mol. The Bertz CT molecular complexity index is 502. The Morgan fingerprint density at radius 2 is 2.20 bits per heavy atom. The topological polar surface area (TPSA) is 60.8 Å². The molecule has 4 nitrogen and oxygen atoms in total. The highest BCUT2D eigenvalue weighted by Crippen LogP contribution is 2.65. The second-order valence-corrected chi connectivity index (χ2v) is 7.23. The van der Waals surface area contributed by atoms with Gasteiger partial charge in [-0.25, -0.2) is 0 Å². The Morgan fingerprint density at radius 3 is 3.00 bits per heavy atom. The maximum atomic E-state index is 12.6. The number of aliphatic hydroxyl groups is 2. The summed E-state index contributed by atoms with van der Waals surface area (Å²) in [5.74, 6) is 0.0794. The molecule has 0 aromatic heterocycles. The zero-order valence-corrected chi connectivity index (χ0v) is 12.0. The monoisotopic (exact) mass is 277 g/mol. The quantitative estimate of drug-likeness (QED) is 0.650. The summed E-state index contributed by atoms with van der Waals surface area (Å²) < 4.78 is 0. The van der Waals surface area contributed by atoms with Crippen molar-refractivity contribution < 1.29 is 15.0 Å². The van der Waals surface area contributed by atoms with Crippen LogP contribution in [0.15, 0.2) is 11.6 Å². The van der Waals surface area contributed by atoms with E-state index >= 15 is 0 Å². The van der Waals surface area contributed by atoms with E-state index in [1.165, 1.54) is 0 Å². The molecule has 0 aromatic carbocycles. The zero-order valence-electron chi connectivity index (χ0n) is 12.0. The molecule has 2 saturated carbocycles. The van der Waals surface area contributed by atoms with Gasteiger partial charge in [0.1, 0.15) is 11.8 Å². The lowest BCUT2D eigenvalue weighted by atomic mass is 9.55. The summed E-state index contributed by atoms with van der Waals surface area (Å²) in [6, 6.07) is 0. The number of aliphatic hydroxyl groups excluding tert-OH is 1. The first-order valence-corrected chi connectivity index (χ1v) is 7.90. The van der Waals surface area contributed by atoms with E-state index in [0.29, 0.717) is 5.92 Å². The molecule has 4 unspecified atom stereocenters. The first-order chi connectivity index (χ1) is 9.50. The molecule has 4 heteroatoms. The Balaban J connectivity index is 1.97. The van der Waals surface area contributed by atoms with Crippen molar-refractivity contribution in [2.45, 2.75) is 50.9 Å². The van der Waals surface area contributed by atoms with Crippen LogP contribution in [0.1, 0.15) is 39.0 Å². The molecule has 6 atom stereocenters. The molecule has 2 bridgehead atoms. The Hall–Kier alpha value is -0.710. The number of carbonyl (C=O) groups is 1. The highest BCUT2D eigenvalue weighted by molar-refractivity contribution is 5.94. The molecule has 2 aliphatic carbocycles. The third-order valence-electron chi connectivity index (χ3n) is 6.29. The third-order valence-corrected chi connectivity index (χ3v) is 6.29. The van der Waals surface area contributed by atoms with Gasteiger partial charge in [-0.15, -0.1) is 0 Å². The van der Waals surface area contributed by atoms with Crippen LogP contribution in [0.2, 0.25) is 0 Å². The third kappa shape index (κ3) is 1.26. The lowest BCUT2D eigenvalue weighted by Gasteiger charge is -2.60. The smallest absolute Gasteiger partial charge is 0.169 e. The van der Waals surface area contributed by atoms with Gasteiger partial charge in [0.05, 0.1) is 0 Å². The van der Waals surface area contributed by atoms with Crippen LogP contribution in [0.5, 0.6) is 0 Å². The Kier molecular flexibility index (Phi) is 2.55. The fraction of sp³-hybridized carbons (Fsp3) is 0.812. The molecule has 0 radical (unpaired) electrons. The van der Waals surface area contributed by atoms with Gasteiger partial charge in [0.2, 0.25) is 0 Å². The highest BCUT2D eigenvalue weighted by atomic mass is 16.3. The number of hydrogen-bond acceptors (Lipinski definition) is 4. The summed E-state index contributed by atoms with van der Waals surface area (Å²) in [4.78, 5) is 14.7. The summed E-state index contributed by atoms with van der Waals surface area (Å²) in [5, 5.41) is 22.0. The minimum Gasteiger partial charge on any atom is -0.381 e. The summed E-state index contributed by atoms with van der Waals surface area (Å²) in [6.07, 6.45) is 5.27. The van der Waals surface area contributed by atoms with Crippen LogP contribution in [0.3, 0.4) is 0 Å². The van der Waals surface area contributed by atoms with E-state index in [1.54, 1.807) is 0 Å². The van der Waals surface area contributed by atoms with Gasteiger partial charge in [-0.05, 0) is 43.6 Å². The summed E-state index contributed by atoms with van der Waals surface area (Å²) in [5.41, 5.74) is -0.600. The molecule has 4 rings (SSSR count). The van der Waals surface area contributed by atoms with Crippen LogP contribution >= 0.6 is 0 Å². The normalized spacial score (nSPS) is 54.1. The van der Waals surface area contributed by atoms with E-state index in [2.05, 4.69) is 17.9 Å². The molecule has 2 aliphatic heterocycles. The molecule has 0 aromatic rings. The van der Waals surface area contributed by atoms with Crippen molar-refractivity contribution in [2.75, 3.05) is 13.1 Å². The number of ketones is 1. The largest absolute Gasteiger partial charge is 0.381 e. The first kappa shape index (κ1) is 13.0. The van der Waals surface area contributed by atoms with E-state index in [9.17, 15) is 15.0 Å². The number of carbonyl (C=O) groups excluding carboxylic acids is 1. The highest BCUT2D eigenvalue weighted by Gasteiger charge is 2.70. The molecule has 2 heterocycles. The number of Topliss-reactive ketones (excluding diaryl/α,β-unsaturated/α-hetero) is 1. The second-order valence-electron chi connectivity index (χ2n) is 7.23. The summed E-state index contributed by atoms with van der Waals surface area (Å²) in [6.45, 7) is 3.86. The van der Waals surface area contributed by atoms with Crippen LogP contribution in [0.25, 0.3) is 0 Å². The van der Waals surface area contributed by atoms with E-state index < -0.39 is 17.2 Å². The van der Waals surface area contributed by atoms with Crippen molar-refractivity contribution in [3.8, 4) is 0 Å². The van der Waals surface area contributed by atoms with Gasteiger partial charge in [-0.1, -0.05) is 13.0 Å². The molecule has 4 aliphatic rings. The predicted octanol–water partition coefficient (Wildman–Crippen LogP) is 1.08. The summed E-state index contributed by atoms with van der Waals surface area (Å²) >= 11 is 0. The van der Waals surface area contributed by atoms with Crippen LogP contribution < -0.4 is 0 Å². The standard InChI is InChI=1S/C16H23NO3/c1-10-8-12-14(19)13(18)11-4-2-6-17-7-3-5-15(11,12)16(17,20)9-10/h4,10,12-13,18,20H,2-3,5-9H2,1H3/t10?,12-,13-,15?,16?/m0/s1. The van der Waals surface area contributed by atoms with Crippen LogP contribution in [-0.2, 0) is 4.79 Å². The maximum absolute atomic E-state index is 12.6. The average Bonchev–Trinajstić information content (AvgIpc) is 2.58. The molecule has 3 fully saturated rings. The van der Waals surface area contributed by atoms with Crippen molar-refractivity contribution in [1.82, 2.24) is 4.90 Å². The number of piperidine rings is 1. The lowest BCUT2D eigenvalue weighted by molar-refractivity contribution is -0.240.